The molecular weight excluding hydrogens is 410 g/mol. The van der Waals surface area contributed by atoms with Crippen molar-refractivity contribution in [2.75, 3.05) is 29.1 Å². The van der Waals surface area contributed by atoms with Gasteiger partial charge in [0, 0.05) is 31.3 Å². The summed E-state index contributed by atoms with van der Waals surface area (Å²) in [6, 6.07) is 17.0. The van der Waals surface area contributed by atoms with E-state index in [9.17, 15) is 9.59 Å². The lowest BCUT2D eigenvalue weighted by Gasteiger charge is -2.27. The summed E-state index contributed by atoms with van der Waals surface area (Å²) in [5.74, 6) is 0.950. The first-order chi connectivity index (χ1) is 15.1. The number of aromatic nitrogens is 3. The molecule has 8 heteroatoms. The lowest BCUT2D eigenvalue weighted by molar-refractivity contribution is -0.114. The molecule has 0 aliphatic carbocycles. The number of benzene rings is 2. The van der Waals surface area contributed by atoms with E-state index in [0.29, 0.717) is 16.4 Å². The van der Waals surface area contributed by atoms with Gasteiger partial charge in [0.1, 0.15) is 0 Å². The number of nitrogens with one attached hydrogen (secondary N) is 1. The third-order valence-electron chi connectivity index (χ3n) is 5.13. The van der Waals surface area contributed by atoms with Gasteiger partial charge in [-0.15, -0.1) is 10.2 Å². The van der Waals surface area contributed by atoms with E-state index in [1.165, 1.54) is 25.1 Å². The van der Waals surface area contributed by atoms with E-state index in [-0.39, 0.29) is 17.4 Å². The smallest absolute Gasteiger partial charge is 0.232 e. The van der Waals surface area contributed by atoms with Gasteiger partial charge in [-0.25, -0.2) is 0 Å². The second-order valence-corrected chi connectivity index (χ2v) is 8.41. The van der Waals surface area contributed by atoms with Crippen LogP contribution < -0.4 is 10.2 Å². The van der Waals surface area contributed by atoms with Gasteiger partial charge in [-0.05, 0) is 55.7 Å². The molecule has 1 amide bonds. The number of amides is 1. The number of anilines is 2. The third-order valence-corrected chi connectivity index (χ3v) is 6.06. The summed E-state index contributed by atoms with van der Waals surface area (Å²) in [6.45, 7) is 3.39. The minimum absolute atomic E-state index is 0.00140. The zero-order valence-electron chi connectivity index (χ0n) is 17.5. The first-order valence-corrected chi connectivity index (χ1v) is 11.4. The van der Waals surface area contributed by atoms with Crippen LogP contribution in [0.5, 0.6) is 0 Å². The van der Waals surface area contributed by atoms with E-state index >= 15 is 0 Å². The fourth-order valence-electron chi connectivity index (χ4n) is 3.61. The molecule has 0 unspecified atom stereocenters. The Hall–Kier alpha value is -3.13. The van der Waals surface area contributed by atoms with Crippen LogP contribution in [0.2, 0.25) is 0 Å². The number of nitrogens with zero attached hydrogens (tertiary/aromatic N) is 4. The summed E-state index contributed by atoms with van der Waals surface area (Å²) in [5.41, 5.74) is 2.26. The summed E-state index contributed by atoms with van der Waals surface area (Å²) in [7, 11) is 0. The molecule has 1 saturated heterocycles. The van der Waals surface area contributed by atoms with Gasteiger partial charge in [-0.3, -0.25) is 14.2 Å². The SMILES string of the molecule is CC(=O)Nc1ccc(C(=O)CSc2nnc(N3CCCCC3)n2-c2ccccc2)cc1. The molecule has 2 heterocycles. The molecule has 1 aromatic heterocycles. The molecule has 0 radical (unpaired) electrons. The van der Waals surface area contributed by atoms with Gasteiger partial charge < -0.3 is 10.2 Å². The number of rotatable bonds is 7. The second-order valence-electron chi connectivity index (χ2n) is 7.47. The molecule has 0 spiro atoms. The van der Waals surface area contributed by atoms with Crippen molar-refractivity contribution in [1.82, 2.24) is 14.8 Å². The number of ketones is 1. The van der Waals surface area contributed by atoms with Crippen LogP contribution >= 0.6 is 11.8 Å². The number of carbonyl (C=O) groups excluding carboxylic acids is 2. The Balaban J connectivity index is 1.52. The highest BCUT2D eigenvalue weighted by Crippen LogP contribution is 2.28. The molecule has 0 saturated carbocycles. The van der Waals surface area contributed by atoms with E-state index in [0.717, 1.165) is 37.6 Å². The number of thioether (sulfide) groups is 1. The molecular formula is C23H25N5O2S. The largest absolute Gasteiger partial charge is 0.341 e. The maximum Gasteiger partial charge on any atom is 0.232 e. The van der Waals surface area contributed by atoms with Gasteiger partial charge in [0.2, 0.25) is 11.9 Å². The van der Waals surface area contributed by atoms with Crippen molar-refractivity contribution in [3.8, 4) is 5.69 Å². The van der Waals surface area contributed by atoms with Crippen LogP contribution in [-0.4, -0.2) is 45.3 Å². The molecule has 1 aliphatic rings. The van der Waals surface area contributed by atoms with Crippen molar-refractivity contribution >= 4 is 35.1 Å². The standard InChI is InChI=1S/C23H25N5O2S/c1-17(29)24-19-12-10-18(11-13-19)21(30)16-31-23-26-25-22(27-14-6-3-7-15-27)28(23)20-8-4-2-5-9-20/h2,4-5,8-13H,3,6-7,14-16H2,1H3,(H,24,29). The van der Waals surface area contributed by atoms with E-state index in [2.05, 4.69) is 20.4 Å². The average Bonchev–Trinajstić information content (AvgIpc) is 3.23. The molecule has 1 fully saturated rings. The topological polar surface area (TPSA) is 80.1 Å². The summed E-state index contributed by atoms with van der Waals surface area (Å²) in [6.07, 6.45) is 3.54. The second kappa shape index (κ2) is 9.78. The highest BCUT2D eigenvalue weighted by molar-refractivity contribution is 7.99. The fraction of sp³-hybridized carbons (Fsp3) is 0.304. The molecule has 31 heavy (non-hydrogen) atoms. The van der Waals surface area contributed by atoms with E-state index in [4.69, 9.17) is 0 Å². The summed E-state index contributed by atoms with van der Waals surface area (Å²) >= 11 is 1.39. The first-order valence-electron chi connectivity index (χ1n) is 10.4. The predicted octanol–water partition coefficient (Wildman–Crippen LogP) is 4.19. The van der Waals surface area contributed by atoms with Gasteiger partial charge in [0.25, 0.3) is 0 Å². The van der Waals surface area contributed by atoms with Gasteiger partial charge >= 0.3 is 0 Å². The van der Waals surface area contributed by atoms with Crippen molar-refractivity contribution in [2.45, 2.75) is 31.3 Å². The molecule has 4 rings (SSSR count). The average molecular weight is 436 g/mol. The normalized spacial score (nSPS) is 13.8. The van der Waals surface area contributed by atoms with Crippen LogP contribution in [-0.2, 0) is 4.79 Å². The van der Waals surface area contributed by atoms with Crippen LogP contribution in [0.15, 0.2) is 59.8 Å². The first kappa shape index (κ1) is 21.1. The van der Waals surface area contributed by atoms with Crippen LogP contribution in [0.4, 0.5) is 11.6 Å². The lowest BCUT2D eigenvalue weighted by Crippen LogP contribution is -2.31. The Morgan fingerprint density at radius 1 is 0.968 bits per heavy atom. The Morgan fingerprint density at radius 2 is 1.68 bits per heavy atom. The molecule has 7 nitrogen and oxygen atoms in total. The molecule has 2 aromatic carbocycles. The Morgan fingerprint density at radius 3 is 2.35 bits per heavy atom. The van der Waals surface area contributed by atoms with Crippen LogP contribution in [0, 0.1) is 0 Å². The van der Waals surface area contributed by atoms with Gasteiger partial charge in [-0.1, -0.05) is 30.0 Å². The minimum atomic E-state index is -0.139. The summed E-state index contributed by atoms with van der Waals surface area (Å²) < 4.78 is 2.04. The number of para-hydroxylation sites is 1. The summed E-state index contributed by atoms with van der Waals surface area (Å²) in [5, 5.41) is 12.3. The van der Waals surface area contributed by atoms with Crippen LogP contribution in [0.25, 0.3) is 5.69 Å². The monoisotopic (exact) mass is 435 g/mol. The number of hydrogen-bond acceptors (Lipinski definition) is 6. The number of carbonyl (C=O) groups is 2. The van der Waals surface area contributed by atoms with Gasteiger partial charge in [0.15, 0.2) is 10.9 Å². The highest BCUT2D eigenvalue weighted by atomic mass is 32.2. The Labute approximate surface area is 185 Å². The molecule has 160 valence electrons. The third kappa shape index (κ3) is 5.14. The fourth-order valence-corrected chi connectivity index (χ4v) is 4.46. The van der Waals surface area contributed by atoms with E-state index in [1.54, 1.807) is 24.3 Å². The number of hydrogen-bond donors (Lipinski definition) is 1. The van der Waals surface area contributed by atoms with Gasteiger partial charge in [-0.2, -0.15) is 0 Å². The van der Waals surface area contributed by atoms with Gasteiger partial charge in [0.05, 0.1) is 11.4 Å². The van der Waals surface area contributed by atoms with Crippen LogP contribution in [0.3, 0.4) is 0 Å². The van der Waals surface area contributed by atoms with Crippen molar-refractivity contribution in [1.29, 1.82) is 0 Å². The Bertz CT molecular complexity index is 1040. The summed E-state index contributed by atoms with van der Waals surface area (Å²) in [4.78, 5) is 26.2. The van der Waals surface area contributed by atoms with Crippen molar-refractivity contribution in [3.63, 3.8) is 0 Å². The minimum Gasteiger partial charge on any atom is -0.341 e. The van der Waals surface area contributed by atoms with Crippen LogP contribution in [0.1, 0.15) is 36.5 Å². The Kier molecular flexibility index (Phi) is 6.66. The molecule has 3 aromatic rings. The zero-order chi connectivity index (χ0) is 21.6. The lowest BCUT2D eigenvalue weighted by atomic mass is 10.1. The highest BCUT2D eigenvalue weighted by Gasteiger charge is 2.22. The van der Waals surface area contributed by atoms with Crippen molar-refractivity contribution < 1.29 is 9.59 Å². The quantitative estimate of drug-likeness (QED) is 0.443. The van der Waals surface area contributed by atoms with E-state index in [1.807, 2.05) is 34.9 Å². The number of piperidine rings is 1. The maximum absolute atomic E-state index is 12.7. The molecule has 1 aliphatic heterocycles. The van der Waals surface area contributed by atoms with E-state index < -0.39 is 0 Å². The zero-order valence-corrected chi connectivity index (χ0v) is 18.3. The molecule has 0 bridgehead atoms. The molecule has 0 atom stereocenters. The van der Waals surface area contributed by atoms with Crippen molar-refractivity contribution in [3.05, 3.63) is 60.2 Å². The number of Topliss-reactive ketones (excluding diaryl/α,β-unsaturated/α-hetero) is 1. The molecule has 1 N–H and O–H groups in total. The van der Waals surface area contributed by atoms with Crippen molar-refractivity contribution in [2.24, 2.45) is 0 Å². The predicted molar refractivity (Wildman–Crippen MR) is 123 cm³/mol. The maximum atomic E-state index is 12.7.